The molecule has 0 aliphatic carbocycles. The lowest BCUT2D eigenvalue weighted by atomic mass is 10.1. The first-order valence-corrected chi connectivity index (χ1v) is 11.7. The van der Waals surface area contributed by atoms with Crippen LogP contribution in [0.1, 0.15) is 34.4 Å². The van der Waals surface area contributed by atoms with Crippen molar-refractivity contribution < 1.29 is 17.9 Å². The largest absolute Gasteiger partial charge is 0.380 e. The van der Waals surface area contributed by atoms with E-state index < -0.39 is 21.4 Å². The Balaban J connectivity index is 2.14. The Bertz CT molecular complexity index is 1190. The molecule has 0 aromatic carbocycles. The fraction of sp³-hybridized carbons (Fsp3) is 0.421. The van der Waals surface area contributed by atoms with Gasteiger partial charge >= 0.3 is 0 Å². The molecule has 160 valence electrons. The number of Topliss-reactive ketones (excluding diaryl/α,β-unsaturated/α-hetero) is 1. The summed E-state index contributed by atoms with van der Waals surface area (Å²) in [5.74, 6) is -1.31. The molecule has 0 saturated carbocycles. The van der Waals surface area contributed by atoms with Crippen LogP contribution >= 0.6 is 11.6 Å². The van der Waals surface area contributed by atoms with Crippen LogP contribution in [-0.2, 0) is 27.5 Å². The van der Waals surface area contributed by atoms with Crippen molar-refractivity contribution in [1.29, 1.82) is 0 Å². The molecule has 9 nitrogen and oxygen atoms in total. The molecule has 30 heavy (non-hydrogen) atoms. The second kappa shape index (κ2) is 9.15. The van der Waals surface area contributed by atoms with Gasteiger partial charge in [-0.25, -0.2) is 18.4 Å². The van der Waals surface area contributed by atoms with Gasteiger partial charge in [0.05, 0.1) is 18.8 Å². The van der Waals surface area contributed by atoms with Crippen LogP contribution in [0.15, 0.2) is 18.3 Å². The number of ketones is 1. The van der Waals surface area contributed by atoms with Crippen LogP contribution in [0.25, 0.3) is 11.0 Å². The molecule has 3 heterocycles. The molecule has 3 aromatic heterocycles. The number of hydrogen-bond donors (Lipinski definition) is 0. The molecule has 3 aromatic rings. The number of sulfone groups is 1. The van der Waals surface area contributed by atoms with Gasteiger partial charge in [-0.3, -0.25) is 14.5 Å². The minimum absolute atomic E-state index is 0.0466. The summed E-state index contributed by atoms with van der Waals surface area (Å²) in [4.78, 5) is 25.5. The third-order valence-electron chi connectivity index (χ3n) is 4.26. The summed E-state index contributed by atoms with van der Waals surface area (Å²) < 4.78 is 30.3. The number of hydrogen-bond acceptors (Lipinski definition) is 8. The van der Waals surface area contributed by atoms with Crippen LogP contribution in [0.2, 0.25) is 5.28 Å². The van der Waals surface area contributed by atoms with E-state index in [2.05, 4.69) is 20.1 Å². The predicted molar refractivity (Wildman–Crippen MR) is 113 cm³/mol. The van der Waals surface area contributed by atoms with E-state index in [9.17, 15) is 13.2 Å². The van der Waals surface area contributed by atoms with Gasteiger partial charge in [-0.1, -0.05) is 0 Å². The van der Waals surface area contributed by atoms with E-state index in [1.807, 2.05) is 26.0 Å². The first-order valence-electron chi connectivity index (χ1n) is 9.31. The summed E-state index contributed by atoms with van der Waals surface area (Å²) >= 11 is 6.13. The molecule has 0 aliphatic heterocycles. The Kier molecular flexibility index (Phi) is 6.79. The van der Waals surface area contributed by atoms with Gasteiger partial charge in [0.15, 0.2) is 21.3 Å². The SMILES string of the molecule is CCOCCn1nc(C(=O)CS(C)(=O)=O)c2nc(Cl)nc(Cc3cc(C)ccn3)c21. The third kappa shape index (κ3) is 5.38. The summed E-state index contributed by atoms with van der Waals surface area (Å²) in [7, 11) is -3.54. The zero-order valence-electron chi connectivity index (χ0n) is 16.9. The maximum Gasteiger partial charge on any atom is 0.223 e. The summed E-state index contributed by atoms with van der Waals surface area (Å²) in [5.41, 5.74) is 3.06. The fourth-order valence-corrected chi connectivity index (χ4v) is 3.87. The molecule has 0 spiro atoms. The Morgan fingerprint density at radius 3 is 2.73 bits per heavy atom. The van der Waals surface area contributed by atoms with Gasteiger partial charge in [0.2, 0.25) is 5.28 Å². The first-order chi connectivity index (χ1) is 14.2. The topological polar surface area (TPSA) is 117 Å². The van der Waals surface area contributed by atoms with E-state index in [0.29, 0.717) is 37.4 Å². The van der Waals surface area contributed by atoms with E-state index in [0.717, 1.165) is 17.5 Å². The van der Waals surface area contributed by atoms with Crippen molar-refractivity contribution in [2.24, 2.45) is 0 Å². The number of rotatable bonds is 9. The molecule has 0 radical (unpaired) electrons. The predicted octanol–water partition coefficient (Wildman–Crippen LogP) is 2.04. The molecule has 3 rings (SSSR count). The maximum atomic E-state index is 12.6. The normalized spacial score (nSPS) is 11.9. The Hall–Kier alpha value is -2.43. The van der Waals surface area contributed by atoms with Crippen molar-refractivity contribution in [2.45, 2.75) is 26.8 Å². The number of halogens is 1. The molecule has 0 saturated heterocycles. The van der Waals surface area contributed by atoms with Gasteiger partial charge in [0, 0.05) is 31.2 Å². The van der Waals surface area contributed by atoms with Gasteiger partial charge in [-0.2, -0.15) is 5.10 Å². The number of aromatic nitrogens is 5. The van der Waals surface area contributed by atoms with Crippen molar-refractivity contribution in [1.82, 2.24) is 24.7 Å². The Morgan fingerprint density at radius 1 is 1.30 bits per heavy atom. The highest BCUT2D eigenvalue weighted by atomic mass is 35.5. The summed E-state index contributed by atoms with van der Waals surface area (Å²) in [6, 6.07) is 3.82. The molecule has 0 amide bonds. The van der Waals surface area contributed by atoms with Crippen LogP contribution in [0.4, 0.5) is 0 Å². The highest BCUT2D eigenvalue weighted by molar-refractivity contribution is 7.91. The molecular weight excluding hydrogens is 430 g/mol. The smallest absolute Gasteiger partial charge is 0.223 e. The number of ether oxygens (including phenoxy) is 1. The maximum absolute atomic E-state index is 12.6. The molecule has 0 fully saturated rings. The number of pyridine rings is 1. The highest BCUT2D eigenvalue weighted by Crippen LogP contribution is 2.24. The van der Waals surface area contributed by atoms with Gasteiger partial charge < -0.3 is 4.74 Å². The monoisotopic (exact) mass is 451 g/mol. The van der Waals surface area contributed by atoms with Gasteiger partial charge in [-0.15, -0.1) is 0 Å². The molecule has 0 N–H and O–H groups in total. The van der Waals surface area contributed by atoms with Gasteiger partial charge in [0.1, 0.15) is 16.8 Å². The van der Waals surface area contributed by atoms with E-state index in [1.54, 1.807) is 10.9 Å². The van der Waals surface area contributed by atoms with Crippen molar-refractivity contribution >= 4 is 38.3 Å². The van der Waals surface area contributed by atoms with Gasteiger partial charge in [-0.05, 0) is 43.1 Å². The van der Waals surface area contributed by atoms with E-state index in [-0.39, 0.29) is 16.5 Å². The summed E-state index contributed by atoms with van der Waals surface area (Å²) in [6.07, 6.45) is 3.05. The quantitative estimate of drug-likeness (QED) is 0.275. The lowest BCUT2D eigenvalue weighted by Gasteiger charge is -2.08. The minimum atomic E-state index is -3.54. The summed E-state index contributed by atoms with van der Waals surface area (Å²) in [5, 5.41) is 4.29. The van der Waals surface area contributed by atoms with E-state index in [4.69, 9.17) is 16.3 Å². The number of aryl methyl sites for hydroxylation is 1. The Labute approximate surface area is 179 Å². The number of fused-ring (bicyclic) bond motifs is 1. The van der Waals surface area contributed by atoms with Crippen LogP contribution in [-0.4, -0.2) is 64.2 Å². The lowest BCUT2D eigenvalue weighted by Crippen LogP contribution is -2.16. The van der Waals surface area contributed by atoms with Crippen LogP contribution in [0.5, 0.6) is 0 Å². The van der Waals surface area contributed by atoms with Crippen molar-refractivity contribution in [3.8, 4) is 0 Å². The first kappa shape index (κ1) is 22.3. The second-order valence-electron chi connectivity index (χ2n) is 6.90. The van der Waals surface area contributed by atoms with Crippen molar-refractivity contribution in [3.05, 3.63) is 46.3 Å². The number of nitrogens with zero attached hydrogens (tertiary/aromatic N) is 5. The molecule has 0 unspecified atom stereocenters. The van der Waals surface area contributed by atoms with Crippen LogP contribution in [0.3, 0.4) is 0 Å². The molecule has 11 heteroatoms. The standard InChI is InChI=1S/C19H22ClN5O4S/c1-4-29-8-7-25-18-14(10-13-9-12(2)5-6-21-13)22-19(20)23-17(18)16(24-25)15(26)11-30(3,27)28/h5-6,9H,4,7-8,10-11H2,1-3H3. The number of carbonyl (C=O) groups is 1. The zero-order valence-corrected chi connectivity index (χ0v) is 18.5. The molecular formula is C19H22ClN5O4S. The fourth-order valence-electron chi connectivity index (χ4n) is 3.07. The average molecular weight is 452 g/mol. The molecule has 0 bridgehead atoms. The molecule has 0 atom stereocenters. The average Bonchev–Trinajstić information content (AvgIpc) is 2.99. The van der Waals surface area contributed by atoms with E-state index >= 15 is 0 Å². The number of carbonyl (C=O) groups excluding carboxylic acids is 1. The van der Waals surface area contributed by atoms with Crippen LogP contribution < -0.4 is 0 Å². The van der Waals surface area contributed by atoms with E-state index in [1.165, 1.54) is 0 Å². The van der Waals surface area contributed by atoms with Gasteiger partial charge in [0.25, 0.3) is 0 Å². The molecule has 0 aliphatic rings. The Morgan fingerprint density at radius 2 is 2.07 bits per heavy atom. The lowest BCUT2D eigenvalue weighted by molar-refractivity contribution is 0.101. The highest BCUT2D eigenvalue weighted by Gasteiger charge is 2.25. The zero-order chi connectivity index (χ0) is 21.9. The second-order valence-corrected chi connectivity index (χ2v) is 9.38. The minimum Gasteiger partial charge on any atom is -0.380 e. The van der Waals surface area contributed by atoms with Crippen LogP contribution in [0, 0.1) is 6.92 Å². The summed E-state index contributed by atoms with van der Waals surface area (Å²) in [6.45, 7) is 5.07. The third-order valence-corrected chi connectivity index (χ3v) is 5.22. The van der Waals surface area contributed by atoms with Crippen molar-refractivity contribution in [3.63, 3.8) is 0 Å². The van der Waals surface area contributed by atoms with Crippen molar-refractivity contribution in [2.75, 3.05) is 25.2 Å².